The molecule has 4 rings (SSSR count). The second kappa shape index (κ2) is 5.90. The van der Waals surface area contributed by atoms with E-state index in [1.54, 1.807) is 31.2 Å². The minimum Gasteiger partial charge on any atom is -0.462 e. The minimum atomic E-state index is -0.512. The lowest BCUT2D eigenvalue weighted by atomic mass is 10.1. The Balaban J connectivity index is 2.12. The number of esters is 1. The van der Waals surface area contributed by atoms with Crippen molar-refractivity contribution < 1.29 is 9.53 Å². The fourth-order valence-corrected chi connectivity index (χ4v) is 2.89. The SMILES string of the molecule is CCOC(=O)c1c(-c2ccccc2)[nH]n2c(=O)c3ccccc3nc12. The van der Waals surface area contributed by atoms with E-state index < -0.39 is 5.97 Å². The van der Waals surface area contributed by atoms with Crippen LogP contribution >= 0.6 is 0 Å². The van der Waals surface area contributed by atoms with Crippen LogP contribution in [0.4, 0.5) is 0 Å². The van der Waals surface area contributed by atoms with E-state index >= 15 is 0 Å². The van der Waals surface area contributed by atoms with Gasteiger partial charge in [0.05, 0.1) is 23.2 Å². The summed E-state index contributed by atoms with van der Waals surface area (Å²) in [6, 6.07) is 16.4. The maximum absolute atomic E-state index is 12.8. The van der Waals surface area contributed by atoms with E-state index in [2.05, 4.69) is 10.1 Å². The molecule has 0 aliphatic heterocycles. The van der Waals surface area contributed by atoms with Crippen LogP contribution in [-0.2, 0) is 4.74 Å². The second-order valence-electron chi connectivity index (χ2n) is 5.54. The van der Waals surface area contributed by atoms with Crippen LogP contribution in [0, 0.1) is 0 Å². The van der Waals surface area contributed by atoms with Crippen molar-refractivity contribution in [1.29, 1.82) is 0 Å². The first-order chi connectivity index (χ1) is 12.2. The lowest BCUT2D eigenvalue weighted by Crippen LogP contribution is -2.16. The summed E-state index contributed by atoms with van der Waals surface area (Å²) in [6.07, 6.45) is 0. The van der Waals surface area contributed by atoms with Crippen LogP contribution in [0.25, 0.3) is 27.8 Å². The van der Waals surface area contributed by atoms with Gasteiger partial charge in [-0.05, 0) is 19.1 Å². The molecule has 0 spiro atoms. The monoisotopic (exact) mass is 333 g/mol. The summed E-state index contributed by atoms with van der Waals surface area (Å²) in [5, 5.41) is 3.50. The van der Waals surface area contributed by atoms with Crippen molar-refractivity contribution in [3.63, 3.8) is 0 Å². The molecule has 0 unspecified atom stereocenters. The first-order valence-electron chi connectivity index (χ1n) is 7.96. The fourth-order valence-electron chi connectivity index (χ4n) is 2.89. The van der Waals surface area contributed by atoms with Crippen LogP contribution in [0.1, 0.15) is 17.3 Å². The molecular formula is C19H15N3O3. The molecule has 0 atom stereocenters. The Hall–Kier alpha value is -3.41. The molecule has 0 fully saturated rings. The van der Waals surface area contributed by atoms with Crippen molar-refractivity contribution in [2.24, 2.45) is 0 Å². The number of fused-ring (bicyclic) bond motifs is 2. The van der Waals surface area contributed by atoms with Crippen molar-refractivity contribution >= 4 is 22.5 Å². The highest BCUT2D eigenvalue weighted by Gasteiger charge is 2.24. The van der Waals surface area contributed by atoms with Gasteiger partial charge in [-0.25, -0.2) is 9.78 Å². The van der Waals surface area contributed by atoms with Crippen molar-refractivity contribution in [2.45, 2.75) is 6.92 Å². The number of carbonyl (C=O) groups excluding carboxylic acids is 1. The largest absolute Gasteiger partial charge is 0.462 e. The minimum absolute atomic E-state index is 0.238. The molecule has 4 aromatic rings. The standard InChI is InChI=1S/C19H15N3O3/c1-2-25-19(24)15-16(12-8-4-3-5-9-12)21-22-17(15)20-14-11-7-6-10-13(14)18(22)23/h3-11,21H,2H2,1H3. The number of nitrogens with zero attached hydrogens (tertiary/aromatic N) is 2. The maximum Gasteiger partial charge on any atom is 0.344 e. The smallest absolute Gasteiger partial charge is 0.344 e. The van der Waals surface area contributed by atoms with Gasteiger partial charge in [-0.1, -0.05) is 42.5 Å². The lowest BCUT2D eigenvalue weighted by molar-refractivity contribution is 0.0529. The van der Waals surface area contributed by atoms with E-state index in [4.69, 9.17) is 4.74 Å². The summed E-state index contributed by atoms with van der Waals surface area (Å²) in [6.45, 7) is 1.98. The molecule has 1 N–H and O–H groups in total. The number of hydrogen-bond acceptors (Lipinski definition) is 4. The normalized spacial score (nSPS) is 11.1. The number of nitrogens with one attached hydrogen (secondary N) is 1. The fraction of sp³-hybridized carbons (Fsp3) is 0.105. The molecule has 0 saturated heterocycles. The summed E-state index contributed by atoms with van der Waals surface area (Å²) in [4.78, 5) is 29.9. The van der Waals surface area contributed by atoms with Gasteiger partial charge in [0.2, 0.25) is 0 Å². The second-order valence-corrected chi connectivity index (χ2v) is 5.54. The van der Waals surface area contributed by atoms with Crippen LogP contribution in [0.3, 0.4) is 0 Å². The zero-order valence-corrected chi connectivity index (χ0v) is 13.5. The Labute approximate surface area is 142 Å². The van der Waals surface area contributed by atoms with Gasteiger partial charge in [0, 0.05) is 5.56 Å². The molecule has 0 amide bonds. The van der Waals surface area contributed by atoms with E-state index in [1.807, 2.05) is 30.3 Å². The lowest BCUT2D eigenvalue weighted by Gasteiger charge is -2.03. The third kappa shape index (κ3) is 2.39. The molecule has 25 heavy (non-hydrogen) atoms. The molecule has 0 saturated carbocycles. The first-order valence-corrected chi connectivity index (χ1v) is 7.96. The van der Waals surface area contributed by atoms with Crippen LogP contribution in [0.15, 0.2) is 59.4 Å². The third-order valence-electron chi connectivity index (χ3n) is 4.01. The number of para-hydroxylation sites is 1. The molecule has 6 heteroatoms. The number of H-pyrrole nitrogens is 1. The Morgan fingerprint density at radius 3 is 2.60 bits per heavy atom. The highest BCUT2D eigenvalue weighted by Crippen LogP contribution is 2.26. The van der Waals surface area contributed by atoms with Crippen LogP contribution < -0.4 is 5.56 Å². The molecule has 6 nitrogen and oxygen atoms in total. The van der Waals surface area contributed by atoms with Gasteiger partial charge in [0.1, 0.15) is 5.56 Å². The number of aromatic amines is 1. The third-order valence-corrected chi connectivity index (χ3v) is 4.01. The van der Waals surface area contributed by atoms with E-state index in [0.29, 0.717) is 16.6 Å². The topological polar surface area (TPSA) is 76.5 Å². The molecule has 2 aromatic carbocycles. The highest BCUT2D eigenvalue weighted by atomic mass is 16.5. The van der Waals surface area contributed by atoms with E-state index in [1.165, 1.54) is 4.52 Å². The molecule has 0 radical (unpaired) electrons. The number of benzene rings is 2. The highest BCUT2D eigenvalue weighted by molar-refractivity contribution is 6.03. The van der Waals surface area contributed by atoms with Crippen LogP contribution in [0.2, 0.25) is 0 Å². The molecule has 0 bridgehead atoms. The van der Waals surface area contributed by atoms with E-state index in [-0.39, 0.29) is 23.4 Å². The molecular weight excluding hydrogens is 318 g/mol. The number of carbonyl (C=O) groups is 1. The molecule has 0 aliphatic rings. The zero-order valence-electron chi connectivity index (χ0n) is 13.5. The predicted molar refractivity (Wildman–Crippen MR) is 94.7 cm³/mol. The average molecular weight is 333 g/mol. The Morgan fingerprint density at radius 2 is 1.84 bits per heavy atom. The van der Waals surface area contributed by atoms with Gasteiger partial charge in [-0.2, -0.15) is 4.52 Å². The molecule has 2 aromatic heterocycles. The quantitative estimate of drug-likeness (QED) is 0.585. The number of hydrogen-bond donors (Lipinski definition) is 1. The summed E-state index contributed by atoms with van der Waals surface area (Å²) in [5.74, 6) is -0.512. The van der Waals surface area contributed by atoms with Gasteiger partial charge in [-0.15, -0.1) is 0 Å². The number of rotatable bonds is 3. The zero-order chi connectivity index (χ0) is 17.4. The van der Waals surface area contributed by atoms with Crippen molar-refractivity contribution in [3.8, 4) is 11.3 Å². The summed E-state index contributed by atoms with van der Waals surface area (Å²) in [7, 11) is 0. The summed E-state index contributed by atoms with van der Waals surface area (Å²) < 4.78 is 6.50. The molecule has 2 heterocycles. The average Bonchev–Trinajstić information content (AvgIpc) is 3.03. The van der Waals surface area contributed by atoms with Crippen molar-refractivity contribution in [2.75, 3.05) is 6.61 Å². The Morgan fingerprint density at radius 1 is 1.12 bits per heavy atom. The predicted octanol–water partition coefficient (Wildman–Crippen LogP) is 3.02. The Kier molecular flexibility index (Phi) is 3.57. The number of ether oxygens (including phenoxy) is 1. The van der Waals surface area contributed by atoms with Gasteiger partial charge < -0.3 is 4.74 Å². The Bertz CT molecular complexity index is 1140. The van der Waals surface area contributed by atoms with Gasteiger partial charge in [0.25, 0.3) is 5.56 Å². The molecule has 0 aliphatic carbocycles. The summed E-state index contributed by atoms with van der Waals surface area (Å²) in [5.41, 5.74) is 2.10. The number of aromatic nitrogens is 3. The maximum atomic E-state index is 12.8. The van der Waals surface area contributed by atoms with Crippen LogP contribution in [0.5, 0.6) is 0 Å². The van der Waals surface area contributed by atoms with E-state index in [0.717, 1.165) is 5.56 Å². The summed E-state index contributed by atoms with van der Waals surface area (Å²) >= 11 is 0. The van der Waals surface area contributed by atoms with Gasteiger partial charge >= 0.3 is 5.97 Å². The molecule has 124 valence electrons. The van der Waals surface area contributed by atoms with Crippen molar-refractivity contribution in [3.05, 3.63) is 70.5 Å². The van der Waals surface area contributed by atoms with Crippen LogP contribution in [-0.4, -0.2) is 27.2 Å². The van der Waals surface area contributed by atoms with Gasteiger partial charge in [0.15, 0.2) is 5.65 Å². The van der Waals surface area contributed by atoms with Crippen molar-refractivity contribution in [1.82, 2.24) is 14.6 Å². The van der Waals surface area contributed by atoms with Gasteiger partial charge in [-0.3, -0.25) is 9.89 Å². The van der Waals surface area contributed by atoms with E-state index in [9.17, 15) is 9.59 Å². The first kappa shape index (κ1) is 15.1.